The number of fused-ring (bicyclic) bond motifs is 6. The zero-order valence-electron chi connectivity index (χ0n) is 37.6. The summed E-state index contributed by atoms with van der Waals surface area (Å²) in [5.74, 6) is 0. The van der Waals surface area contributed by atoms with Gasteiger partial charge in [0.05, 0.1) is 35.2 Å². The monoisotopic (exact) mass is 810 g/mol. The SMILES string of the molecule is CC1(C)c2cc(CCc3cc(CCc4ccc5c(c4)C(C)(C)C(C)(C)c4c(-c6ccccc6)cnn4-5)cc(-c4ccccc4)c3)ccc2-n2ncc(-c3ccccc3)c2C1(C)C. The molecular weight excluding hydrogens is 753 g/mol. The lowest BCUT2D eigenvalue weighted by molar-refractivity contribution is 0.276. The molecule has 6 aromatic carbocycles. The van der Waals surface area contributed by atoms with Crippen molar-refractivity contribution in [3.8, 4) is 44.8 Å². The molecule has 310 valence electrons. The predicted octanol–water partition coefficient (Wildman–Crippen LogP) is 13.8. The smallest absolute Gasteiger partial charge is 0.0687 e. The highest BCUT2D eigenvalue weighted by atomic mass is 15.3. The molecule has 4 nitrogen and oxygen atoms in total. The van der Waals surface area contributed by atoms with Crippen LogP contribution in [0.15, 0.2) is 158 Å². The number of hydrogen-bond acceptors (Lipinski definition) is 2. The van der Waals surface area contributed by atoms with E-state index in [1.807, 2.05) is 0 Å². The van der Waals surface area contributed by atoms with E-state index in [1.165, 1.54) is 89.5 Å². The van der Waals surface area contributed by atoms with E-state index in [2.05, 4.69) is 223 Å². The van der Waals surface area contributed by atoms with Crippen molar-refractivity contribution in [2.75, 3.05) is 0 Å². The number of hydrogen-bond donors (Lipinski definition) is 0. The van der Waals surface area contributed by atoms with Crippen molar-refractivity contribution in [1.82, 2.24) is 19.6 Å². The summed E-state index contributed by atoms with van der Waals surface area (Å²) in [5.41, 5.74) is 20.1. The van der Waals surface area contributed by atoms with E-state index in [0.29, 0.717) is 0 Å². The maximum atomic E-state index is 5.01. The molecule has 0 saturated carbocycles. The second-order valence-corrected chi connectivity index (χ2v) is 20.0. The molecule has 0 radical (unpaired) electrons. The van der Waals surface area contributed by atoms with Gasteiger partial charge in [-0.25, -0.2) is 9.36 Å². The minimum atomic E-state index is -0.142. The lowest BCUT2D eigenvalue weighted by Gasteiger charge is -2.47. The van der Waals surface area contributed by atoms with Gasteiger partial charge in [0, 0.05) is 32.8 Å². The van der Waals surface area contributed by atoms with Crippen molar-refractivity contribution in [1.29, 1.82) is 0 Å². The Bertz CT molecular complexity index is 2760. The standard InChI is InChI=1S/C58H58N4/c1-55(2)49-35-39(28-30-51(49)61-53(57(55,5)6)47(37-59-61)44-20-14-10-15-21-44)24-26-41-32-42(34-46(33-41)43-18-12-9-13-19-43)27-25-40-29-31-52-50(36-40)56(3,4)58(7,8)54-48(38-60-62(52)54)45-22-16-11-17-23-45/h9-23,28-38H,24-27H2,1-8H3. The van der Waals surface area contributed by atoms with Gasteiger partial charge in [-0.2, -0.15) is 10.2 Å². The Morgan fingerprint density at radius 3 is 1.13 bits per heavy atom. The highest BCUT2D eigenvalue weighted by Gasteiger charge is 2.50. The second kappa shape index (κ2) is 14.7. The zero-order chi connectivity index (χ0) is 43.0. The van der Waals surface area contributed by atoms with Gasteiger partial charge in [0.15, 0.2) is 0 Å². The molecule has 2 aliphatic rings. The summed E-state index contributed by atoms with van der Waals surface area (Å²) >= 11 is 0. The van der Waals surface area contributed by atoms with Gasteiger partial charge in [-0.3, -0.25) is 0 Å². The normalized spacial score (nSPS) is 16.2. The average Bonchev–Trinajstić information content (AvgIpc) is 3.95. The quantitative estimate of drug-likeness (QED) is 0.146. The van der Waals surface area contributed by atoms with Crippen LogP contribution in [0, 0.1) is 0 Å². The average molecular weight is 811 g/mol. The van der Waals surface area contributed by atoms with E-state index in [1.54, 1.807) is 0 Å². The van der Waals surface area contributed by atoms with Crippen LogP contribution >= 0.6 is 0 Å². The van der Waals surface area contributed by atoms with Gasteiger partial charge >= 0.3 is 0 Å². The van der Waals surface area contributed by atoms with Crippen LogP contribution in [0.25, 0.3) is 44.8 Å². The Morgan fingerprint density at radius 2 is 0.726 bits per heavy atom. The molecular formula is C58H58N4. The van der Waals surface area contributed by atoms with E-state index in [0.717, 1.165) is 25.7 Å². The van der Waals surface area contributed by atoms with Crippen molar-refractivity contribution in [3.05, 3.63) is 203 Å². The topological polar surface area (TPSA) is 35.6 Å². The fraction of sp³-hybridized carbons (Fsp3) is 0.276. The molecule has 2 aromatic heterocycles. The Hall–Kier alpha value is -6.26. The van der Waals surface area contributed by atoms with Crippen molar-refractivity contribution >= 4 is 0 Å². The molecule has 0 bridgehead atoms. The van der Waals surface area contributed by atoms with E-state index in [4.69, 9.17) is 10.2 Å². The summed E-state index contributed by atoms with van der Waals surface area (Å²) in [7, 11) is 0. The molecule has 0 unspecified atom stereocenters. The van der Waals surface area contributed by atoms with E-state index in [9.17, 15) is 0 Å². The van der Waals surface area contributed by atoms with Crippen molar-refractivity contribution in [2.24, 2.45) is 0 Å². The summed E-state index contributed by atoms with van der Waals surface area (Å²) < 4.78 is 4.42. The molecule has 8 aromatic rings. The van der Waals surface area contributed by atoms with Crippen LogP contribution < -0.4 is 0 Å². The second-order valence-electron chi connectivity index (χ2n) is 20.0. The lowest BCUT2D eigenvalue weighted by atomic mass is 9.59. The summed E-state index contributed by atoms with van der Waals surface area (Å²) in [6.45, 7) is 19.2. The van der Waals surface area contributed by atoms with Crippen LogP contribution in [-0.4, -0.2) is 19.6 Å². The van der Waals surface area contributed by atoms with E-state index < -0.39 is 0 Å². The van der Waals surface area contributed by atoms with Gasteiger partial charge in [-0.05, 0) is 93.5 Å². The zero-order valence-corrected chi connectivity index (χ0v) is 37.6. The maximum absolute atomic E-state index is 5.01. The first kappa shape index (κ1) is 39.9. The Kier molecular flexibility index (Phi) is 9.44. The first-order chi connectivity index (χ1) is 29.8. The van der Waals surface area contributed by atoms with E-state index >= 15 is 0 Å². The molecule has 62 heavy (non-hydrogen) atoms. The largest absolute Gasteiger partial charge is 0.236 e. The molecule has 4 heteroatoms. The molecule has 0 N–H and O–H groups in total. The third-order valence-corrected chi connectivity index (χ3v) is 15.5. The van der Waals surface area contributed by atoms with Crippen LogP contribution in [0.4, 0.5) is 0 Å². The fourth-order valence-corrected chi connectivity index (χ4v) is 10.5. The lowest BCUT2D eigenvalue weighted by Crippen LogP contribution is -2.46. The molecule has 0 amide bonds. The predicted molar refractivity (Wildman–Crippen MR) is 257 cm³/mol. The third kappa shape index (κ3) is 6.32. The van der Waals surface area contributed by atoms with Crippen LogP contribution in [0.1, 0.15) is 100 Å². The van der Waals surface area contributed by atoms with Crippen LogP contribution in [0.5, 0.6) is 0 Å². The van der Waals surface area contributed by atoms with Crippen LogP contribution in [0.2, 0.25) is 0 Å². The Morgan fingerprint density at radius 1 is 0.355 bits per heavy atom. The first-order valence-corrected chi connectivity index (χ1v) is 22.5. The van der Waals surface area contributed by atoms with Gasteiger partial charge in [-0.1, -0.05) is 189 Å². The summed E-state index contributed by atoms with van der Waals surface area (Å²) in [6, 6.07) is 53.8. The first-order valence-electron chi connectivity index (χ1n) is 22.5. The number of aryl methyl sites for hydroxylation is 4. The number of aromatic nitrogens is 4. The summed E-state index contributed by atoms with van der Waals surface area (Å²) in [6.07, 6.45) is 8.01. The molecule has 0 fully saturated rings. The fourth-order valence-electron chi connectivity index (χ4n) is 10.5. The minimum Gasteiger partial charge on any atom is -0.236 e. The molecule has 10 rings (SSSR count). The van der Waals surface area contributed by atoms with Gasteiger partial charge in [0.1, 0.15) is 0 Å². The maximum Gasteiger partial charge on any atom is 0.0687 e. The number of nitrogens with zero attached hydrogens (tertiary/aromatic N) is 4. The highest BCUT2D eigenvalue weighted by Crippen LogP contribution is 2.54. The number of benzene rings is 6. The molecule has 0 atom stereocenters. The molecule has 4 heterocycles. The Balaban J connectivity index is 0.934. The summed E-state index contributed by atoms with van der Waals surface area (Å²) in [5, 5.41) is 10.0. The molecule has 2 aliphatic heterocycles. The minimum absolute atomic E-state index is 0.105. The summed E-state index contributed by atoms with van der Waals surface area (Å²) in [4.78, 5) is 0. The third-order valence-electron chi connectivity index (χ3n) is 15.5. The molecule has 0 spiro atoms. The van der Waals surface area contributed by atoms with Crippen LogP contribution in [0.3, 0.4) is 0 Å². The van der Waals surface area contributed by atoms with Crippen molar-refractivity contribution in [3.63, 3.8) is 0 Å². The van der Waals surface area contributed by atoms with Gasteiger partial charge in [0.2, 0.25) is 0 Å². The van der Waals surface area contributed by atoms with Gasteiger partial charge in [0.25, 0.3) is 0 Å². The van der Waals surface area contributed by atoms with E-state index in [-0.39, 0.29) is 21.7 Å². The van der Waals surface area contributed by atoms with Crippen molar-refractivity contribution < 1.29 is 0 Å². The van der Waals surface area contributed by atoms with Gasteiger partial charge in [-0.15, -0.1) is 0 Å². The van der Waals surface area contributed by atoms with Crippen molar-refractivity contribution in [2.45, 2.75) is 103 Å². The Labute approximate surface area is 368 Å². The molecule has 0 saturated heterocycles. The number of rotatable bonds is 9. The highest BCUT2D eigenvalue weighted by molar-refractivity contribution is 5.72. The molecule has 0 aliphatic carbocycles. The van der Waals surface area contributed by atoms with Gasteiger partial charge < -0.3 is 0 Å². The van der Waals surface area contributed by atoms with Crippen LogP contribution in [-0.2, 0) is 47.3 Å².